The predicted molar refractivity (Wildman–Crippen MR) is 162 cm³/mol. The lowest BCUT2D eigenvalue weighted by Crippen LogP contribution is -2.62. The Morgan fingerprint density at radius 1 is 0.439 bits per heavy atom. The van der Waals surface area contributed by atoms with Gasteiger partial charge in [0.05, 0.1) is 18.6 Å². The molecule has 0 spiro atoms. The van der Waals surface area contributed by atoms with Crippen molar-refractivity contribution in [3.8, 4) is 0 Å². The second-order valence-electron chi connectivity index (χ2n) is 12.4. The summed E-state index contributed by atoms with van der Waals surface area (Å²) in [5.74, 6) is -1.57. The van der Waals surface area contributed by atoms with E-state index in [0.717, 1.165) is 25.7 Å². The SMILES string of the molecule is O=C(CCCCCCCCCCCCCCCCCCCCCCCCCO)OC1C(O)C(O)C(O)C(O)C1CO. The van der Waals surface area contributed by atoms with Crippen molar-refractivity contribution in [3.05, 3.63) is 0 Å². The number of ether oxygens (including phenoxy) is 1. The highest BCUT2D eigenvalue weighted by Gasteiger charge is 2.50. The normalized spacial score (nSPS) is 24.5. The Bertz CT molecular complexity index is 604. The van der Waals surface area contributed by atoms with Gasteiger partial charge in [0, 0.05) is 13.0 Å². The van der Waals surface area contributed by atoms with Gasteiger partial charge >= 0.3 is 5.97 Å². The number of esters is 1. The highest BCUT2D eigenvalue weighted by Crippen LogP contribution is 2.29. The lowest BCUT2D eigenvalue weighted by molar-refractivity contribution is -0.222. The van der Waals surface area contributed by atoms with Crippen LogP contribution in [0.1, 0.15) is 154 Å². The molecule has 0 heterocycles. The van der Waals surface area contributed by atoms with Gasteiger partial charge in [0.25, 0.3) is 0 Å². The van der Waals surface area contributed by atoms with E-state index in [9.17, 15) is 30.3 Å². The molecule has 1 aliphatic rings. The fourth-order valence-corrected chi connectivity index (χ4v) is 5.97. The Labute approximate surface area is 249 Å². The van der Waals surface area contributed by atoms with Gasteiger partial charge in [-0.1, -0.05) is 135 Å². The standard InChI is InChI=1S/C33H64O8/c34-25-23-21-19-17-15-13-11-9-7-5-3-1-2-4-6-8-10-12-14-16-18-20-22-24-28(36)41-33-27(26-35)29(37)30(38)31(39)32(33)40/h27,29-35,37-40H,1-26H2. The molecular weight excluding hydrogens is 524 g/mol. The molecule has 8 nitrogen and oxygen atoms in total. The summed E-state index contributed by atoms with van der Waals surface area (Å²) in [5, 5.41) is 58.0. The molecule has 6 unspecified atom stereocenters. The van der Waals surface area contributed by atoms with Gasteiger partial charge in [-0.2, -0.15) is 0 Å². The van der Waals surface area contributed by atoms with Gasteiger partial charge in [0.1, 0.15) is 24.4 Å². The molecule has 0 amide bonds. The molecule has 0 aromatic rings. The van der Waals surface area contributed by atoms with E-state index >= 15 is 0 Å². The lowest BCUT2D eigenvalue weighted by atomic mass is 9.78. The van der Waals surface area contributed by atoms with Crippen LogP contribution in [0.5, 0.6) is 0 Å². The maximum atomic E-state index is 12.2. The minimum atomic E-state index is -1.63. The van der Waals surface area contributed by atoms with E-state index in [2.05, 4.69) is 0 Å². The molecule has 0 aromatic carbocycles. The van der Waals surface area contributed by atoms with Crippen LogP contribution in [0.15, 0.2) is 0 Å². The van der Waals surface area contributed by atoms with Gasteiger partial charge in [-0.15, -0.1) is 0 Å². The zero-order valence-electron chi connectivity index (χ0n) is 25.8. The van der Waals surface area contributed by atoms with E-state index in [0.29, 0.717) is 13.0 Å². The van der Waals surface area contributed by atoms with Crippen molar-refractivity contribution in [3.63, 3.8) is 0 Å². The van der Waals surface area contributed by atoms with Crippen molar-refractivity contribution >= 4 is 5.97 Å². The summed E-state index contributed by atoms with van der Waals surface area (Å²) in [7, 11) is 0. The topological polar surface area (TPSA) is 148 Å². The molecule has 8 heteroatoms. The highest BCUT2D eigenvalue weighted by atomic mass is 16.6. The summed E-state index contributed by atoms with van der Waals surface area (Å²) in [5.41, 5.74) is 0. The summed E-state index contributed by atoms with van der Waals surface area (Å²) in [6.07, 6.45) is 21.5. The van der Waals surface area contributed by atoms with Crippen LogP contribution in [-0.2, 0) is 9.53 Å². The summed E-state index contributed by atoms with van der Waals surface area (Å²) >= 11 is 0. The van der Waals surface area contributed by atoms with Crippen LogP contribution in [0.3, 0.4) is 0 Å². The smallest absolute Gasteiger partial charge is 0.306 e. The van der Waals surface area contributed by atoms with Crippen LogP contribution in [0.25, 0.3) is 0 Å². The minimum absolute atomic E-state index is 0.184. The van der Waals surface area contributed by atoms with Gasteiger partial charge in [-0.25, -0.2) is 0 Å². The lowest BCUT2D eigenvalue weighted by Gasteiger charge is -2.42. The minimum Gasteiger partial charge on any atom is -0.459 e. The third-order valence-electron chi connectivity index (χ3n) is 8.76. The molecule has 0 aliphatic heterocycles. The summed E-state index contributed by atoms with van der Waals surface area (Å²) < 4.78 is 5.26. The number of unbranched alkanes of at least 4 members (excludes halogenated alkanes) is 22. The molecule has 0 saturated heterocycles. The van der Waals surface area contributed by atoms with Crippen molar-refractivity contribution in [2.75, 3.05) is 13.2 Å². The predicted octanol–water partition coefficient (Wildman–Crippen LogP) is 5.32. The van der Waals surface area contributed by atoms with Crippen molar-refractivity contribution in [1.29, 1.82) is 0 Å². The maximum absolute atomic E-state index is 12.2. The third kappa shape index (κ3) is 17.8. The van der Waals surface area contributed by atoms with E-state index in [1.807, 2.05) is 0 Å². The summed E-state index contributed by atoms with van der Waals surface area (Å²) in [6.45, 7) is -0.232. The van der Waals surface area contributed by atoms with Gasteiger partial charge in [-0.05, 0) is 12.8 Å². The molecule has 0 aromatic heterocycles. The quantitative estimate of drug-likeness (QED) is 0.0558. The summed E-state index contributed by atoms with van der Waals surface area (Å²) in [4.78, 5) is 12.2. The van der Waals surface area contributed by atoms with Crippen LogP contribution in [-0.4, -0.2) is 80.3 Å². The fourth-order valence-electron chi connectivity index (χ4n) is 5.97. The van der Waals surface area contributed by atoms with E-state index in [1.54, 1.807) is 0 Å². The Morgan fingerprint density at radius 3 is 1.10 bits per heavy atom. The molecule has 0 radical (unpaired) electrons. The second kappa shape index (κ2) is 25.7. The second-order valence-corrected chi connectivity index (χ2v) is 12.4. The number of aliphatic hydroxyl groups is 6. The number of hydrogen-bond donors (Lipinski definition) is 6. The van der Waals surface area contributed by atoms with Crippen LogP contribution in [0, 0.1) is 5.92 Å². The number of carbonyl (C=O) groups excluding carboxylic acids is 1. The first-order valence-electron chi connectivity index (χ1n) is 17.1. The van der Waals surface area contributed by atoms with Crippen LogP contribution in [0.4, 0.5) is 0 Å². The van der Waals surface area contributed by atoms with Crippen molar-refractivity contribution in [2.24, 2.45) is 5.92 Å². The van der Waals surface area contributed by atoms with E-state index in [4.69, 9.17) is 9.84 Å². The first kappa shape index (κ1) is 38.3. The molecule has 1 saturated carbocycles. The number of carbonyl (C=O) groups is 1. The molecule has 1 aliphatic carbocycles. The monoisotopic (exact) mass is 588 g/mol. The van der Waals surface area contributed by atoms with Crippen molar-refractivity contribution < 1.29 is 40.2 Å². The van der Waals surface area contributed by atoms with Crippen LogP contribution < -0.4 is 0 Å². The maximum Gasteiger partial charge on any atom is 0.306 e. The fraction of sp³-hybridized carbons (Fsp3) is 0.970. The molecule has 6 atom stereocenters. The molecule has 41 heavy (non-hydrogen) atoms. The number of hydrogen-bond acceptors (Lipinski definition) is 8. The zero-order chi connectivity index (χ0) is 30.1. The molecular formula is C33H64O8. The Morgan fingerprint density at radius 2 is 0.756 bits per heavy atom. The van der Waals surface area contributed by atoms with Gasteiger partial charge in [-0.3, -0.25) is 4.79 Å². The van der Waals surface area contributed by atoms with Crippen LogP contribution in [0.2, 0.25) is 0 Å². The molecule has 0 bridgehead atoms. The van der Waals surface area contributed by atoms with E-state index in [1.165, 1.54) is 116 Å². The average Bonchev–Trinajstić information content (AvgIpc) is 2.97. The Kier molecular flexibility index (Phi) is 24.0. The van der Waals surface area contributed by atoms with Gasteiger partial charge < -0.3 is 35.4 Å². The van der Waals surface area contributed by atoms with Crippen molar-refractivity contribution in [1.82, 2.24) is 0 Å². The van der Waals surface area contributed by atoms with Gasteiger partial charge in [0.2, 0.25) is 0 Å². The van der Waals surface area contributed by atoms with Crippen LogP contribution >= 0.6 is 0 Å². The average molecular weight is 589 g/mol. The van der Waals surface area contributed by atoms with Gasteiger partial charge in [0.15, 0.2) is 0 Å². The number of rotatable bonds is 27. The van der Waals surface area contributed by atoms with E-state index in [-0.39, 0.29) is 6.42 Å². The third-order valence-corrected chi connectivity index (χ3v) is 8.76. The molecule has 244 valence electrons. The molecule has 1 fully saturated rings. The molecule has 6 N–H and O–H groups in total. The molecule has 1 rings (SSSR count). The Balaban J connectivity index is 1.84. The highest BCUT2D eigenvalue weighted by molar-refractivity contribution is 5.69. The first-order valence-corrected chi connectivity index (χ1v) is 17.1. The zero-order valence-corrected chi connectivity index (χ0v) is 25.8. The summed E-state index contributed by atoms with van der Waals surface area (Å²) in [6, 6.07) is 0. The first-order chi connectivity index (χ1) is 19.9. The largest absolute Gasteiger partial charge is 0.459 e. The number of aliphatic hydroxyl groups excluding tert-OH is 6. The van der Waals surface area contributed by atoms with E-state index < -0.39 is 49.0 Å². The van der Waals surface area contributed by atoms with Crippen molar-refractivity contribution in [2.45, 2.75) is 185 Å². The Hall–Kier alpha value is -0.770.